The monoisotopic (exact) mass is 254 g/mol. The zero-order chi connectivity index (χ0) is 13.6. The van der Waals surface area contributed by atoms with Crippen LogP contribution in [0.4, 0.5) is 0 Å². The van der Waals surface area contributed by atoms with Gasteiger partial charge in [0.05, 0.1) is 0 Å². The second kappa shape index (κ2) is 4.51. The molecule has 3 atom stereocenters. The topological polar surface area (TPSA) is 0 Å². The second-order valence-electron chi connectivity index (χ2n) is 7.14. The summed E-state index contributed by atoms with van der Waals surface area (Å²) in [5.41, 5.74) is 5.08. The van der Waals surface area contributed by atoms with Crippen LogP contribution in [-0.4, -0.2) is 0 Å². The first kappa shape index (κ1) is 13.0. The van der Waals surface area contributed by atoms with Crippen LogP contribution in [0.5, 0.6) is 0 Å². The summed E-state index contributed by atoms with van der Waals surface area (Å²) in [4.78, 5) is 0. The SMILES string of the molecule is CC(C)C1=CC2=CC=C3C(C)CCCC3(C)C2C=C1. The van der Waals surface area contributed by atoms with Gasteiger partial charge in [0.15, 0.2) is 0 Å². The van der Waals surface area contributed by atoms with Crippen molar-refractivity contribution in [2.45, 2.75) is 47.0 Å². The fourth-order valence-corrected chi connectivity index (χ4v) is 4.25. The molecule has 1 saturated carbocycles. The zero-order valence-corrected chi connectivity index (χ0v) is 12.7. The molecule has 0 aliphatic heterocycles. The van der Waals surface area contributed by atoms with Gasteiger partial charge < -0.3 is 0 Å². The minimum atomic E-state index is 0.372. The van der Waals surface area contributed by atoms with Crippen molar-refractivity contribution in [2.75, 3.05) is 0 Å². The van der Waals surface area contributed by atoms with Gasteiger partial charge in [-0.05, 0) is 41.2 Å². The van der Waals surface area contributed by atoms with Gasteiger partial charge in [-0.1, -0.05) is 70.1 Å². The van der Waals surface area contributed by atoms with Crippen molar-refractivity contribution in [1.82, 2.24) is 0 Å². The van der Waals surface area contributed by atoms with E-state index in [1.807, 2.05) is 0 Å². The first-order valence-electron chi connectivity index (χ1n) is 7.84. The average Bonchev–Trinajstić information content (AvgIpc) is 2.38. The summed E-state index contributed by atoms with van der Waals surface area (Å²) in [5, 5.41) is 0. The molecule has 0 aromatic heterocycles. The maximum absolute atomic E-state index is 2.49. The lowest BCUT2D eigenvalue weighted by atomic mass is 9.56. The maximum Gasteiger partial charge on any atom is 0.0113 e. The molecule has 1 fully saturated rings. The van der Waals surface area contributed by atoms with Crippen LogP contribution in [0.1, 0.15) is 47.0 Å². The molecule has 0 amide bonds. The van der Waals surface area contributed by atoms with E-state index < -0.39 is 0 Å². The van der Waals surface area contributed by atoms with Crippen LogP contribution in [0.25, 0.3) is 0 Å². The second-order valence-corrected chi connectivity index (χ2v) is 7.14. The highest BCUT2D eigenvalue weighted by Crippen LogP contribution is 2.54. The normalized spacial score (nSPS) is 37.2. The summed E-state index contributed by atoms with van der Waals surface area (Å²) in [5.74, 6) is 2.00. The Balaban J connectivity index is 2.03. The van der Waals surface area contributed by atoms with Crippen molar-refractivity contribution in [2.24, 2.45) is 23.2 Å². The Hall–Kier alpha value is -1.04. The lowest BCUT2D eigenvalue weighted by Crippen LogP contribution is -2.37. The Labute approximate surface area is 118 Å². The van der Waals surface area contributed by atoms with E-state index in [9.17, 15) is 0 Å². The number of hydrogen-bond acceptors (Lipinski definition) is 0. The summed E-state index contributed by atoms with van der Waals surface area (Å²) in [6, 6.07) is 0. The fourth-order valence-electron chi connectivity index (χ4n) is 4.25. The molecule has 0 saturated heterocycles. The van der Waals surface area contributed by atoms with Crippen LogP contribution in [0.15, 0.2) is 47.1 Å². The van der Waals surface area contributed by atoms with Crippen molar-refractivity contribution < 1.29 is 0 Å². The predicted octanol–water partition coefficient (Wildman–Crippen LogP) is 5.45. The van der Waals surface area contributed by atoms with Gasteiger partial charge in [0, 0.05) is 5.92 Å². The van der Waals surface area contributed by atoms with Gasteiger partial charge in [-0.2, -0.15) is 0 Å². The van der Waals surface area contributed by atoms with E-state index in [-0.39, 0.29) is 0 Å². The molecule has 3 aliphatic rings. The molecule has 0 nitrogen and oxygen atoms in total. The third-order valence-corrected chi connectivity index (χ3v) is 5.51. The lowest BCUT2D eigenvalue weighted by molar-refractivity contribution is 0.215. The molecule has 0 heteroatoms. The highest BCUT2D eigenvalue weighted by Gasteiger charge is 2.43. The predicted molar refractivity (Wildman–Crippen MR) is 82.8 cm³/mol. The Morgan fingerprint density at radius 1 is 1.26 bits per heavy atom. The van der Waals surface area contributed by atoms with E-state index in [4.69, 9.17) is 0 Å². The van der Waals surface area contributed by atoms with E-state index >= 15 is 0 Å². The van der Waals surface area contributed by atoms with Crippen molar-refractivity contribution in [3.63, 3.8) is 0 Å². The molecule has 102 valence electrons. The molecule has 0 bridgehead atoms. The molecule has 0 aromatic carbocycles. The molecule has 0 radical (unpaired) electrons. The largest absolute Gasteiger partial charge is 0.0759 e. The third-order valence-electron chi connectivity index (χ3n) is 5.51. The van der Waals surface area contributed by atoms with Crippen LogP contribution in [0, 0.1) is 23.2 Å². The number of hydrogen-bond donors (Lipinski definition) is 0. The summed E-state index contributed by atoms with van der Waals surface area (Å²) in [6.45, 7) is 9.46. The van der Waals surface area contributed by atoms with Gasteiger partial charge in [-0.3, -0.25) is 0 Å². The minimum absolute atomic E-state index is 0.372. The van der Waals surface area contributed by atoms with Gasteiger partial charge in [0.1, 0.15) is 0 Å². The lowest BCUT2D eigenvalue weighted by Gasteiger charge is -2.48. The first-order valence-corrected chi connectivity index (χ1v) is 7.84. The van der Waals surface area contributed by atoms with Crippen LogP contribution in [0.2, 0.25) is 0 Å². The van der Waals surface area contributed by atoms with E-state index in [0.29, 0.717) is 17.3 Å². The van der Waals surface area contributed by atoms with Gasteiger partial charge in [-0.15, -0.1) is 0 Å². The maximum atomic E-state index is 2.49. The standard InChI is InChI=1S/C19H26/c1-13(2)15-7-10-18-16(12-15)8-9-17-14(3)6-5-11-19(17,18)4/h7-10,12-14,18H,5-6,11H2,1-4H3. The summed E-state index contributed by atoms with van der Waals surface area (Å²) < 4.78 is 0. The van der Waals surface area contributed by atoms with Crippen molar-refractivity contribution in [3.05, 3.63) is 47.1 Å². The van der Waals surface area contributed by atoms with Crippen LogP contribution < -0.4 is 0 Å². The zero-order valence-electron chi connectivity index (χ0n) is 12.7. The Kier molecular flexibility index (Phi) is 3.08. The van der Waals surface area contributed by atoms with E-state index in [0.717, 1.165) is 5.92 Å². The molecule has 19 heavy (non-hydrogen) atoms. The Morgan fingerprint density at radius 2 is 2.05 bits per heavy atom. The minimum Gasteiger partial charge on any atom is -0.0759 e. The molecular formula is C19H26. The van der Waals surface area contributed by atoms with E-state index in [1.165, 1.54) is 30.4 Å². The van der Waals surface area contributed by atoms with Crippen LogP contribution in [-0.2, 0) is 0 Å². The molecule has 0 N–H and O–H groups in total. The summed E-state index contributed by atoms with van der Waals surface area (Å²) in [7, 11) is 0. The Morgan fingerprint density at radius 3 is 2.79 bits per heavy atom. The molecule has 0 aromatic rings. The van der Waals surface area contributed by atoms with Crippen molar-refractivity contribution in [3.8, 4) is 0 Å². The van der Waals surface area contributed by atoms with Crippen molar-refractivity contribution in [1.29, 1.82) is 0 Å². The van der Waals surface area contributed by atoms with Gasteiger partial charge in [-0.25, -0.2) is 0 Å². The molecule has 3 unspecified atom stereocenters. The van der Waals surface area contributed by atoms with Crippen LogP contribution >= 0.6 is 0 Å². The van der Waals surface area contributed by atoms with Gasteiger partial charge in [0.25, 0.3) is 0 Å². The first-order chi connectivity index (χ1) is 9.02. The number of rotatable bonds is 1. The highest BCUT2D eigenvalue weighted by atomic mass is 14.5. The highest BCUT2D eigenvalue weighted by molar-refractivity contribution is 5.48. The number of fused-ring (bicyclic) bond motifs is 3. The van der Waals surface area contributed by atoms with Crippen molar-refractivity contribution >= 4 is 0 Å². The smallest absolute Gasteiger partial charge is 0.0113 e. The molecule has 0 spiro atoms. The Bertz CT molecular complexity index is 498. The third kappa shape index (κ3) is 1.96. The quantitative estimate of drug-likeness (QED) is 0.584. The molecule has 3 rings (SSSR count). The summed E-state index contributed by atoms with van der Waals surface area (Å²) >= 11 is 0. The molecular weight excluding hydrogens is 228 g/mol. The number of allylic oxidation sites excluding steroid dienone is 8. The fraction of sp³-hybridized carbons (Fsp3) is 0.579. The summed E-state index contributed by atoms with van der Waals surface area (Å²) in [6.07, 6.45) is 16.2. The van der Waals surface area contributed by atoms with E-state index in [2.05, 4.69) is 58.1 Å². The van der Waals surface area contributed by atoms with Gasteiger partial charge >= 0.3 is 0 Å². The van der Waals surface area contributed by atoms with E-state index in [1.54, 1.807) is 5.57 Å². The van der Waals surface area contributed by atoms with Crippen LogP contribution in [0.3, 0.4) is 0 Å². The molecule has 3 aliphatic carbocycles. The average molecular weight is 254 g/mol. The molecule has 0 heterocycles. The van der Waals surface area contributed by atoms with Gasteiger partial charge in [0.2, 0.25) is 0 Å².